The number of aromatic nitrogens is 1. The smallest absolute Gasteiger partial charge is 0.270 e. The van der Waals surface area contributed by atoms with E-state index < -0.39 is 23.6 Å². The summed E-state index contributed by atoms with van der Waals surface area (Å²) in [5.74, 6) is -3.07. The summed E-state index contributed by atoms with van der Waals surface area (Å²) < 4.78 is 14.9. The Morgan fingerprint density at radius 1 is 1.00 bits per heavy atom. The molecule has 0 aliphatic carbocycles. The van der Waals surface area contributed by atoms with Gasteiger partial charge in [0.1, 0.15) is 11.4 Å². The molecule has 2 amide bonds. The van der Waals surface area contributed by atoms with E-state index in [0.29, 0.717) is 17.1 Å². The molecule has 31 heavy (non-hydrogen) atoms. The molecule has 0 radical (unpaired) electrons. The summed E-state index contributed by atoms with van der Waals surface area (Å²) in [4.78, 5) is 37.6. The number of hydrogen-bond donors (Lipinski definition) is 1. The largest absolute Gasteiger partial charge is 0.545 e. The SMILES string of the molecule is O=C1NC(=S)N(c2ccc(F)cc2)C(=O)/C1=C/c1cccn1-c1ccc(C(=O)[O-])cc1. The fraction of sp³-hybridized carbons (Fsp3) is 0. The Bertz CT molecular complexity index is 1250. The first-order valence-corrected chi connectivity index (χ1v) is 9.42. The normalized spacial score (nSPS) is 15.3. The van der Waals surface area contributed by atoms with Crippen LogP contribution in [-0.2, 0) is 9.59 Å². The molecule has 9 heteroatoms. The lowest BCUT2D eigenvalue weighted by Gasteiger charge is -2.28. The van der Waals surface area contributed by atoms with Gasteiger partial charge in [-0.15, -0.1) is 0 Å². The van der Waals surface area contributed by atoms with Gasteiger partial charge in [0.05, 0.1) is 11.7 Å². The van der Waals surface area contributed by atoms with Gasteiger partial charge in [-0.2, -0.15) is 0 Å². The Morgan fingerprint density at radius 3 is 2.29 bits per heavy atom. The molecule has 1 fully saturated rings. The van der Waals surface area contributed by atoms with Gasteiger partial charge in [0.25, 0.3) is 11.8 Å². The molecule has 2 aromatic carbocycles. The lowest BCUT2D eigenvalue weighted by atomic mass is 10.1. The van der Waals surface area contributed by atoms with Gasteiger partial charge in [-0.1, -0.05) is 12.1 Å². The van der Waals surface area contributed by atoms with Crippen LogP contribution in [0.25, 0.3) is 11.8 Å². The maximum Gasteiger partial charge on any atom is 0.270 e. The highest BCUT2D eigenvalue weighted by atomic mass is 32.1. The van der Waals surface area contributed by atoms with Crippen LogP contribution in [-0.4, -0.2) is 27.5 Å². The van der Waals surface area contributed by atoms with Crippen molar-refractivity contribution in [3.63, 3.8) is 0 Å². The van der Waals surface area contributed by atoms with E-state index in [1.54, 1.807) is 35.0 Å². The van der Waals surface area contributed by atoms with Gasteiger partial charge in [0.15, 0.2) is 5.11 Å². The van der Waals surface area contributed by atoms with Gasteiger partial charge in [0, 0.05) is 17.6 Å². The van der Waals surface area contributed by atoms with Gasteiger partial charge in [-0.25, -0.2) is 4.39 Å². The second-order valence-corrected chi connectivity index (χ2v) is 6.96. The standard InChI is InChI=1S/C22H14FN3O4S/c23-14-5-9-16(10-6-14)26-20(28)18(19(27)24-22(26)31)12-17-2-1-11-25(17)15-7-3-13(4-8-15)21(29)30/h1-12H,(H,29,30)(H,24,27,31)/p-1/b18-12+. The number of rotatable bonds is 4. The molecule has 1 aromatic heterocycles. The Balaban J connectivity index is 1.71. The zero-order chi connectivity index (χ0) is 22.1. The van der Waals surface area contributed by atoms with Crippen LogP contribution in [0.1, 0.15) is 16.1 Å². The highest BCUT2D eigenvalue weighted by Gasteiger charge is 2.34. The molecule has 154 valence electrons. The minimum absolute atomic E-state index is 0.0288. The van der Waals surface area contributed by atoms with E-state index >= 15 is 0 Å². The Hall–Kier alpha value is -4.11. The van der Waals surface area contributed by atoms with E-state index in [-0.39, 0.29) is 16.2 Å². The molecule has 7 nitrogen and oxygen atoms in total. The summed E-state index contributed by atoms with van der Waals surface area (Å²) in [6.07, 6.45) is 3.11. The summed E-state index contributed by atoms with van der Waals surface area (Å²) in [6, 6.07) is 14.5. The number of hydrogen-bond acceptors (Lipinski definition) is 5. The first kappa shape index (κ1) is 20.2. The number of carbonyl (C=O) groups is 3. The predicted molar refractivity (Wildman–Crippen MR) is 113 cm³/mol. The lowest BCUT2D eigenvalue weighted by Crippen LogP contribution is -2.54. The van der Waals surface area contributed by atoms with Gasteiger partial charge in [0.2, 0.25) is 0 Å². The number of thiocarbonyl (C=S) groups is 1. The summed E-state index contributed by atoms with van der Waals surface area (Å²) >= 11 is 5.13. The molecule has 1 aliphatic heterocycles. The van der Waals surface area contributed by atoms with Crippen LogP contribution in [0.15, 0.2) is 72.4 Å². The first-order chi connectivity index (χ1) is 14.8. The lowest BCUT2D eigenvalue weighted by molar-refractivity contribution is -0.255. The van der Waals surface area contributed by atoms with Crippen molar-refractivity contribution in [3.8, 4) is 5.69 Å². The van der Waals surface area contributed by atoms with Crippen molar-refractivity contribution in [2.24, 2.45) is 0 Å². The van der Waals surface area contributed by atoms with Crippen molar-refractivity contribution in [1.29, 1.82) is 0 Å². The van der Waals surface area contributed by atoms with Crippen LogP contribution in [0.2, 0.25) is 0 Å². The number of aromatic carboxylic acids is 1. The first-order valence-electron chi connectivity index (χ1n) is 9.01. The van der Waals surface area contributed by atoms with Crippen molar-refractivity contribution in [2.45, 2.75) is 0 Å². The third kappa shape index (κ3) is 3.86. The van der Waals surface area contributed by atoms with E-state index in [2.05, 4.69) is 5.32 Å². The second kappa shape index (κ2) is 7.96. The van der Waals surface area contributed by atoms with Crippen molar-refractivity contribution in [2.75, 3.05) is 4.90 Å². The highest BCUT2D eigenvalue weighted by Crippen LogP contribution is 2.23. The molecule has 0 unspecified atom stereocenters. The van der Waals surface area contributed by atoms with Gasteiger partial charge in [-0.05, 0) is 72.4 Å². The van der Waals surface area contributed by atoms with Gasteiger partial charge >= 0.3 is 0 Å². The molecule has 0 saturated carbocycles. The van der Waals surface area contributed by atoms with Crippen molar-refractivity contribution in [1.82, 2.24) is 9.88 Å². The number of halogens is 1. The van der Waals surface area contributed by atoms with Crippen molar-refractivity contribution in [3.05, 3.63) is 89.5 Å². The monoisotopic (exact) mass is 434 g/mol. The number of carboxylic acids is 1. The molecule has 0 bridgehead atoms. The Labute approximate surface area is 181 Å². The number of carboxylic acid groups (broad SMARTS) is 1. The number of amides is 2. The summed E-state index contributed by atoms with van der Waals surface area (Å²) in [6.45, 7) is 0. The average Bonchev–Trinajstić information content (AvgIpc) is 3.20. The molecule has 0 spiro atoms. The fourth-order valence-corrected chi connectivity index (χ4v) is 3.42. The number of nitrogens with zero attached hydrogens (tertiary/aromatic N) is 2. The Kier molecular flexibility index (Phi) is 5.18. The van der Waals surface area contributed by atoms with Crippen LogP contribution < -0.4 is 15.3 Å². The van der Waals surface area contributed by atoms with Crippen LogP contribution in [0, 0.1) is 5.82 Å². The van der Waals surface area contributed by atoms with E-state index in [4.69, 9.17) is 12.2 Å². The average molecular weight is 434 g/mol. The third-order valence-electron chi connectivity index (χ3n) is 4.64. The molecule has 1 N–H and O–H groups in total. The van der Waals surface area contributed by atoms with Crippen LogP contribution in [0.5, 0.6) is 0 Å². The van der Waals surface area contributed by atoms with Crippen molar-refractivity contribution >= 4 is 46.9 Å². The number of benzene rings is 2. The molecular weight excluding hydrogens is 421 g/mol. The number of anilines is 1. The predicted octanol–water partition coefficient (Wildman–Crippen LogP) is 1.81. The molecule has 1 saturated heterocycles. The fourth-order valence-electron chi connectivity index (χ4n) is 3.13. The van der Waals surface area contributed by atoms with Gasteiger partial charge in [-0.3, -0.25) is 19.8 Å². The van der Waals surface area contributed by atoms with Crippen LogP contribution >= 0.6 is 12.2 Å². The van der Waals surface area contributed by atoms with E-state index in [1.807, 2.05) is 0 Å². The van der Waals surface area contributed by atoms with E-state index in [0.717, 1.165) is 4.90 Å². The molecule has 1 aliphatic rings. The molecular formula is C22H13FN3O4S-. The van der Waals surface area contributed by atoms with Crippen LogP contribution in [0.3, 0.4) is 0 Å². The zero-order valence-corrected chi connectivity index (χ0v) is 16.6. The number of carbonyl (C=O) groups excluding carboxylic acids is 3. The Morgan fingerprint density at radius 2 is 1.65 bits per heavy atom. The summed E-state index contributed by atoms with van der Waals surface area (Å²) in [5.41, 5.74) is 1.31. The van der Waals surface area contributed by atoms with Crippen LogP contribution in [0.4, 0.5) is 10.1 Å². The van der Waals surface area contributed by atoms with E-state index in [1.165, 1.54) is 42.5 Å². The number of nitrogens with one attached hydrogen (secondary N) is 1. The minimum atomic E-state index is -1.29. The molecule has 3 aromatic rings. The highest BCUT2D eigenvalue weighted by molar-refractivity contribution is 7.80. The summed E-state index contributed by atoms with van der Waals surface area (Å²) in [5, 5.41) is 13.3. The van der Waals surface area contributed by atoms with Crippen molar-refractivity contribution < 1.29 is 23.9 Å². The third-order valence-corrected chi connectivity index (χ3v) is 4.92. The zero-order valence-electron chi connectivity index (χ0n) is 15.7. The van der Waals surface area contributed by atoms with E-state index in [9.17, 15) is 23.9 Å². The minimum Gasteiger partial charge on any atom is -0.545 e. The topological polar surface area (TPSA) is 94.5 Å². The molecule has 4 rings (SSSR count). The maximum absolute atomic E-state index is 13.3. The molecule has 2 heterocycles. The van der Waals surface area contributed by atoms with Gasteiger partial charge < -0.3 is 14.5 Å². The maximum atomic E-state index is 13.3. The quantitative estimate of drug-likeness (QED) is 0.384. The second-order valence-electron chi connectivity index (χ2n) is 6.57. The summed E-state index contributed by atoms with van der Waals surface area (Å²) in [7, 11) is 0. The molecule has 0 atom stereocenters.